The van der Waals surface area contributed by atoms with Crippen LogP contribution in [0, 0.1) is 5.92 Å². The summed E-state index contributed by atoms with van der Waals surface area (Å²) in [6.07, 6.45) is -4.87. The van der Waals surface area contributed by atoms with Crippen molar-refractivity contribution in [3.63, 3.8) is 0 Å². The molecule has 0 aromatic rings. The Hall–Kier alpha value is -4.28. The summed E-state index contributed by atoms with van der Waals surface area (Å²) in [4.78, 5) is 104. The molecule has 53 heavy (non-hydrogen) atoms. The van der Waals surface area contributed by atoms with Gasteiger partial charge in [-0.25, -0.2) is 0 Å². The van der Waals surface area contributed by atoms with Gasteiger partial charge in [0.15, 0.2) is 5.78 Å². The van der Waals surface area contributed by atoms with E-state index in [1.54, 1.807) is 0 Å². The Labute approximate surface area is 306 Å². The highest BCUT2D eigenvalue weighted by atomic mass is 16.3. The Morgan fingerprint density at radius 1 is 0.566 bits per heavy atom. The van der Waals surface area contributed by atoms with Gasteiger partial charge in [0.25, 0.3) is 0 Å². The van der Waals surface area contributed by atoms with Gasteiger partial charge in [0.2, 0.25) is 41.4 Å². The zero-order chi connectivity index (χ0) is 40.9. The van der Waals surface area contributed by atoms with E-state index in [4.69, 9.17) is 0 Å². The predicted octanol–water partition coefficient (Wildman–Crippen LogP) is -6.36. The van der Waals surface area contributed by atoms with E-state index in [9.17, 15) is 69.0 Å². The number of hydrogen-bond acceptors (Lipinski definition) is 14. The molecule has 0 spiro atoms. The van der Waals surface area contributed by atoms with Gasteiger partial charge in [-0.05, 0) is 54.4 Å². The second-order valence-corrected chi connectivity index (χ2v) is 13.2. The lowest BCUT2D eigenvalue weighted by Gasteiger charge is -2.29. The zero-order valence-corrected chi connectivity index (χ0v) is 30.9. The molecule has 12 N–H and O–H groups in total. The predicted molar refractivity (Wildman–Crippen MR) is 183 cm³/mol. The summed E-state index contributed by atoms with van der Waals surface area (Å²) in [5, 5.41) is 73.0. The normalized spacial score (nSPS) is 20.4. The van der Waals surface area contributed by atoms with Crippen LogP contribution in [0.3, 0.4) is 0 Å². The Morgan fingerprint density at radius 2 is 0.943 bits per heavy atom. The molecule has 0 aliphatic carbocycles. The summed E-state index contributed by atoms with van der Waals surface area (Å²) in [6.45, 7) is 6.99. The van der Waals surface area contributed by atoms with E-state index in [0.717, 1.165) is 20.8 Å². The number of amides is 7. The SMILES string of the molecule is CC(=O)C1CCCN1C(=O)C(C)NC(=O)C(CO)NC(=O)C(NC(=O)C(NC(=O)C(CO)NC(=O)C(NC(=O)C(C)C(C)O)C(C)O)C(C)O)C(C)O. The summed E-state index contributed by atoms with van der Waals surface area (Å²) >= 11 is 0. The lowest BCUT2D eigenvalue weighted by Crippen LogP contribution is -2.64. The van der Waals surface area contributed by atoms with Gasteiger partial charge in [0, 0.05) is 6.54 Å². The minimum atomic E-state index is -1.87. The van der Waals surface area contributed by atoms with Crippen molar-refractivity contribution < 1.29 is 69.0 Å². The minimum Gasteiger partial charge on any atom is -0.394 e. The molecule has 1 aliphatic heterocycles. The van der Waals surface area contributed by atoms with Crippen molar-refractivity contribution in [1.82, 2.24) is 36.8 Å². The quantitative estimate of drug-likeness (QED) is 0.0549. The van der Waals surface area contributed by atoms with Crippen LogP contribution in [0.1, 0.15) is 61.3 Å². The number of nitrogens with one attached hydrogen (secondary N) is 6. The molecule has 1 fully saturated rings. The van der Waals surface area contributed by atoms with Crippen molar-refractivity contribution in [1.29, 1.82) is 0 Å². The number of hydrogen-bond donors (Lipinski definition) is 12. The van der Waals surface area contributed by atoms with E-state index in [0.29, 0.717) is 19.4 Å². The number of likely N-dealkylation sites (tertiary alicyclic amines) is 1. The van der Waals surface area contributed by atoms with Crippen LogP contribution in [-0.4, -0.2) is 169 Å². The highest BCUT2D eigenvalue weighted by molar-refractivity contribution is 5.98. The molecule has 7 amide bonds. The maximum Gasteiger partial charge on any atom is 0.245 e. The van der Waals surface area contributed by atoms with Gasteiger partial charge in [-0.2, -0.15) is 0 Å². The number of aliphatic hydroxyl groups excluding tert-OH is 6. The number of carbonyl (C=O) groups is 8. The summed E-state index contributed by atoms with van der Waals surface area (Å²) < 4.78 is 0. The molecule has 21 nitrogen and oxygen atoms in total. The van der Waals surface area contributed by atoms with E-state index in [2.05, 4.69) is 31.9 Å². The van der Waals surface area contributed by atoms with Gasteiger partial charge in [0.05, 0.1) is 49.6 Å². The Morgan fingerprint density at radius 3 is 1.32 bits per heavy atom. The van der Waals surface area contributed by atoms with Gasteiger partial charge in [-0.1, -0.05) is 6.92 Å². The molecule has 0 saturated carbocycles. The molecule has 0 radical (unpaired) electrons. The van der Waals surface area contributed by atoms with Gasteiger partial charge in [0.1, 0.15) is 36.3 Å². The molecular formula is C32H55N7O14. The monoisotopic (exact) mass is 761 g/mol. The molecule has 0 aromatic carbocycles. The summed E-state index contributed by atoms with van der Waals surface area (Å²) in [6, 6.07) is -10.6. The van der Waals surface area contributed by atoms with Crippen LogP contribution >= 0.6 is 0 Å². The number of Topliss-reactive ketones (excluding diaryl/α,β-unsaturated/α-hetero) is 1. The van der Waals surface area contributed by atoms with Crippen molar-refractivity contribution >= 4 is 47.1 Å². The first-order valence-corrected chi connectivity index (χ1v) is 17.2. The first-order valence-electron chi connectivity index (χ1n) is 17.2. The smallest absolute Gasteiger partial charge is 0.245 e. The van der Waals surface area contributed by atoms with Crippen molar-refractivity contribution in [3.8, 4) is 0 Å². The fourth-order valence-corrected chi connectivity index (χ4v) is 5.21. The van der Waals surface area contributed by atoms with Gasteiger partial charge >= 0.3 is 0 Å². The molecular weight excluding hydrogens is 706 g/mol. The summed E-state index contributed by atoms with van der Waals surface area (Å²) in [7, 11) is 0. The van der Waals surface area contributed by atoms with Crippen LogP contribution in [0.15, 0.2) is 0 Å². The third-order valence-corrected chi connectivity index (χ3v) is 8.69. The second kappa shape index (κ2) is 21.4. The van der Waals surface area contributed by atoms with Crippen LogP contribution in [0.5, 0.6) is 0 Å². The first-order chi connectivity index (χ1) is 24.6. The molecule has 302 valence electrons. The Balaban J connectivity index is 3.00. The number of nitrogens with zero attached hydrogens (tertiary/aromatic N) is 1. The second-order valence-electron chi connectivity index (χ2n) is 13.2. The molecule has 12 unspecified atom stereocenters. The number of ketones is 1. The lowest BCUT2D eigenvalue weighted by molar-refractivity contribution is -0.141. The van der Waals surface area contributed by atoms with Crippen LogP contribution in [0.2, 0.25) is 0 Å². The van der Waals surface area contributed by atoms with Gasteiger partial charge < -0.3 is 67.4 Å². The van der Waals surface area contributed by atoms with Crippen molar-refractivity contribution in [2.24, 2.45) is 5.92 Å². The van der Waals surface area contributed by atoms with Crippen LogP contribution in [0.4, 0.5) is 0 Å². The lowest BCUT2D eigenvalue weighted by atomic mass is 10.0. The van der Waals surface area contributed by atoms with Gasteiger partial charge in [-0.15, -0.1) is 0 Å². The topological polar surface area (TPSA) is 333 Å². The number of aliphatic hydroxyl groups is 6. The molecule has 0 bridgehead atoms. The maximum atomic E-state index is 13.2. The van der Waals surface area contributed by atoms with E-state index >= 15 is 0 Å². The minimum absolute atomic E-state index is 0.216. The van der Waals surface area contributed by atoms with Crippen molar-refractivity contribution in [2.75, 3.05) is 19.8 Å². The molecule has 0 aromatic heterocycles. The average molecular weight is 762 g/mol. The summed E-state index contributed by atoms with van der Waals surface area (Å²) in [5.41, 5.74) is 0. The summed E-state index contributed by atoms with van der Waals surface area (Å²) in [5.74, 6) is -8.34. The van der Waals surface area contributed by atoms with E-state index < -0.39 is 127 Å². The average Bonchev–Trinajstić information content (AvgIpc) is 3.58. The van der Waals surface area contributed by atoms with Crippen molar-refractivity contribution in [3.05, 3.63) is 0 Å². The Kier molecular flexibility index (Phi) is 18.9. The van der Waals surface area contributed by atoms with E-state index in [1.807, 2.05) is 0 Å². The largest absolute Gasteiger partial charge is 0.394 e. The standard InChI is InChI=1S/C32H55N7O14/c1-13(15(3)42)26(47)36-23(17(5)44)29(50)35-21(12-41)28(49)37-25(19(7)46)31(52)38-24(18(6)45)30(51)34-20(11-40)27(48)33-14(2)32(53)39-10-8-9-22(39)16(4)43/h13-15,17-25,40-42,44-46H,8-12H2,1-7H3,(H,33,48)(H,34,51)(H,35,50)(H,36,47)(H,37,49)(H,38,52). The highest BCUT2D eigenvalue weighted by Crippen LogP contribution is 2.19. The molecule has 1 saturated heterocycles. The van der Waals surface area contributed by atoms with Crippen molar-refractivity contribution in [2.45, 2.75) is 128 Å². The first kappa shape index (κ1) is 46.7. The fourth-order valence-electron chi connectivity index (χ4n) is 5.21. The zero-order valence-electron chi connectivity index (χ0n) is 30.9. The van der Waals surface area contributed by atoms with Gasteiger partial charge in [-0.3, -0.25) is 38.4 Å². The van der Waals surface area contributed by atoms with Crippen LogP contribution in [0.25, 0.3) is 0 Å². The third-order valence-electron chi connectivity index (χ3n) is 8.69. The number of rotatable bonds is 20. The van der Waals surface area contributed by atoms with Crippen LogP contribution < -0.4 is 31.9 Å². The molecule has 21 heteroatoms. The third kappa shape index (κ3) is 13.6. The highest BCUT2D eigenvalue weighted by Gasteiger charge is 2.38. The maximum absolute atomic E-state index is 13.2. The number of carbonyl (C=O) groups excluding carboxylic acids is 8. The molecule has 1 aliphatic rings. The van der Waals surface area contributed by atoms with E-state index in [1.165, 1.54) is 32.6 Å². The Bertz CT molecular complexity index is 1330. The van der Waals surface area contributed by atoms with E-state index in [-0.39, 0.29) is 5.78 Å². The fraction of sp³-hybridized carbons (Fsp3) is 0.750. The molecule has 12 atom stereocenters. The molecule has 1 rings (SSSR count). The van der Waals surface area contributed by atoms with Crippen LogP contribution in [-0.2, 0) is 38.4 Å². The molecule has 1 heterocycles.